The first-order valence-electron chi connectivity index (χ1n) is 9.11. The Kier molecular flexibility index (Phi) is 5.58. The molecule has 0 heterocycles. The smallest absolute Gasteiger partial charge is 0.227 e. The van der Waals surface area contributed by atoms with Gasteiger partial charge in [0.05, 0.1) is 18.7 Å². The Balaban J connectivity index is 1.62. The molecule has 2 aliphatic carbocycles. The van der Waals surface area contributed by atoms with Crippen LogP contribution in [0, 0.1) is 17.8 Å². The second-order valence-electron chi connectivity index (χ2n) is 7.25. The van der Waals surface area contributed by atoms with Crippen LogP contribution in [0.2, 0.25) is 0 Å². The quantitative estimate of drug-likeness (QED) is 0.733. The van der Waals surface area contributed by atoms with E-state index >= 15 is 0 Å². The number of hydrogen-bond acceptors (Lipinski definition) is 4. The first-order valence-corrected chi connectivity index (χ1v) is 9.11. The van der Waals surface area contributed by atoms with Crippen molar-refractivity contribution in [1.29, 1.82) is 0 Å². The highest BCUT2D eigenvalue weighted by atomic mass is 16.5. The summed E-state index contributed by atoms with van der Waals surface area (Å²) in [5.41, 5.74) is 12.1. The van der Waals surface area contributed by atoms with E-state index in [-0.39, 0.29) is 30.9 Å². The van der Waals surface area contributed by atoms with Gasteiger partial charge in [0.2, 0.25) is 11.8 Å². The summed E-state index contributed by atoms with van der Waals surface area (Å²) in [6, 6.07) is 7.53. The van der Waals surface area contributed by atoms with E-state index in [1.54, 1.807) is 6.07 Å². The van der Waals surface area contributed by atoms with E-state index in [0.29, 0.717) is 23.3 Å². The summed E-state index contributed by atoms with van der Waals surface area (Å²) in [6.45, 7) is 0.199. The molecule has 0 radical (unpaired) electrons. The van der Waals surface area contributed by atoms with Crippen molar-refractivity contribution >= 4 is 17.5 Å². The Morgan fingerprint density at radius 3 is 2.52 bits per heavy atom. The van der Waals surface area contributed by atoms with E-state index in [1.807, 2.05) is 18.2 Å². The zero-order valence-electron chi connectivity index (χ0n) is 14.4. The SMILES string of the molecule is NC(=O)CCOc1ccccc1NC(=O)C1CC2CCCC(C1)C2N. The number of amides is 2. The van der Waals surface area contributed by atoms with Gasteiger partial charge in [-0.05, 0) is 49.7 Å². The monoisotopic (exact) mass is 345 g/mol. The third-order valence-electron chi connectivity index (χ3n) is 5.53. The van der Waals surface area contributed by atoms with Crippen molar-refractivity contribution in [3.05, 3.63) is 24.3 Å². The largest absolute Gasteiger partial charge is 0.491 e. The van der Waals surface area contributed by atoms with Crippen molar-refractivity contribution in [3.63, 3.8) is 0 Å². The van der Waals surface area contributed by atoms with Crippen LogP contribution < -0.4 is 21.5 Å². The molecule has 0 aliphatic heterocycles. The number of para-hydroxylation sites is 2. The zero-order valence-corrected chi connectivity index (χ0v) is 14.4. The van der Waals surface area contributed by atoms with Crippen LogP contribution in [0.4, 0.5) is 5.69 Å². The average Bonchev–Trinajstić information content (AvgIpc) is 2.55. The van der Waals surface area contributed by atoms with Crippen LogP contribution in [0.25, 0.3) is 0 Å². The number of hydrogen-bond donors (Lipinski definition) is 3. The molecule has 0 aromatic heterocycles. The molecule has 1 aromatic rings. The first-order chi connectivity index (χ1) is 12.0. The highest BCUT2D eigenvalue weighted by Gasteiger charge is 2.40. The molecule has 3 rings (SSSR count). The van der Waals surface area contributed by atoms with Crippen molar-refractivity contribution in [2.75, 3.05) is 11.9 Å². The summed E-state index contributed by atoms with van der Waals surface area (Å²) in [5, 5.41) is 3.00. The van der Waals surface area contributed by atoms with E-state index in [4.69, 9.17) is 16.2 Å². The molecule has 5 N–H and O–H groups in total. The Hall–Kier alpha value is -2.08. The topological polar surface area (TPSA) is 107 Å². The molecule has 2 unspecified atom stereocenters. The number of rotatable bonds is 6. The molecule has 0 spiro atoms. The fourth-order valence-electron chi connectivity index (χ4n) is 4.20. The molecule has 2 atom stereocenters. The average molecular weight is 345 g/mol. The second-order valence-corrected chi connectivity index (χ2v) is 7.25. The molecule has 25 heavy (non-hydrogen) atoms. The maximum Gasteiger partial charge on any atom is 0.227 e. The number of nitrogens with two attached hydrogens (primary N) is 2. The highest BCUT2D eigenvalue weighted by Crippen LogP contribution is 2.42. The lowest BCUT2D eigenvalue weighted by Crippen LogP contribution is -2.48. The summed E-state index contributed by atoms with van der Waals surface area (Å²) < 4.78 is 5.59. The summed E-state index contributed by atoms with van der Waals surface area (Å²) in [7, 11) is 0. The van der Waals surface area contributed by atoms with Gasteiger partial charge in [0, 0.05) is 12.0 Å². The van der Waals surface area contributed by atoms with Crippen LogP contribution >= 0.6 is 0 Å². The van der Waals surface area contributed by atoms with Crippen molar-refractivity contribution in [2.24, 2.45) is 29.2 Å². The summed E-state index contributed by atoms with van der Waals surface area (Å²) in [5.74, 6) is 1.12. The molecule has 2 fully saturated rings. The maximum absolute atomic E-state index is 12.8. The number of benzene rings is 1. The molecule has 2 saturated carbocycles. The Labute approximate surface area is 148 Å². The second kappa shape index (κ2) is 7.87. The van der Waals surface area contributed by atoms with Crippen LogP contribution in [0.3, 0.4) is 0 Å². The first kappa shape index (κ1) is 17.7. The predicted molar refractivity (Wildman–Crippen MR) is 95.9 cm³/mol. The Morgan fingerprint density at radius 1 is 1.16 bits per heavy atom. The van der Waals surface area contributed by atoms with E-state index in [0.717, 1.165) is 25.7 Å². The zero-order chi connectivity index (χ0) is 17.8. The molecule has 1 aromatic carbocycles. The predicted octanol–water partition coefficient (Wildman–Crippen LogP) is 2.03. The van der Waals surface area contributed by atoms with E-state index in [9.17, 15) is 9.59 Å². The molecule has 2 aliphatic rings. The number of carbonyl (C=O) groups excluding carboxylic acids is 2. The third kappa shape index (κ3) is 4.31. The van der Waals surface area contributed by atoms with Crippen LogP contribution in [-0.2, 0) is 9.59 Å². The van der Waals surface area contributed by atoms with Crippen molar-refractivity contribution in [3.8, 4) is 5.75 Å². The summed E-state index contributed by atoms with van der Waals surface area (Å²) in [4.78, 5) is 23.6. The normalized spacial score (nSPS) is 28.2. The lowest BCUT2D eigenvalue weighted by Gasteiger charge is -2.43. The maximum atomic E-state index is 12.8. The Bertz CT molecular complexity index is 620. The molecule has 136 valence electrons. The fraction of sp³-hybridized carbons (Fsp3) is 0.579. The number of carbonyl (C=O) groups is 2. The van der Waals surface area contributed by atoms with Crippen molar-refractivity contribution in [2.45, 2.75) is 44.6 Å². The van der Waals surface area contributed by atoms with Gasteiger partial charge in [0.1, 0.15) is 5.75 Å². The molecule has 0 saturated heterocycles. The molecule has 2 bridgehead atoms. The van der Waals surface area contributed by atoms with E-state index < -0.39 is 5.91 Å². The molecule has 6 nitrogen and oxygen atoms in total. The van der Waals surface area contributed by atoms with Gasteiger partial charge in [0.15, 0.2) is 0 Å². The molecule has 2 amide bonds. The van der Waals surface area contributed by atoms with Gasteiger partial charge >= 0.3 is 0 Å². The molecule has 6 heteroatoms. The molecular formula is C19H27N3O3. The van der Waals surface area contributed by atoms with Gasteiger partial charge < -0.3 is 21.5 Å². The molecular weight excluding hydrogens is 318 g/mol. The van der Waals surface area contributed by atoms with Gasteiger partial charge in [-0.25, -0.2) is 0 Å². The van der Waals surface area contributed by atoms with Crippen LogP contribution in [0.5, 0.6) is 5.75 Å². The van der Waals surface area contributed by atoms with E-state index in [1.165, 1.54) is 6.42 Å². The fourth-order valence-corrected chi connectivity index (χ4v) is 4.20. The van der Waals surface area contributed by atoms with Gasteiger partial charge in [0.25, 0.3) is 0 Å². The number of primary amides is 1. The highest BCUT2D eigenvalue weighted by molar-refractivity contribution is 5.94. The number of nitrogens with one attached hydrogen (secondary N) is 1. The van der Waals surface area contributed by atoms with Crippen LogP contribution in [-0.4, -0.2) is 24.5 Å². The van der Waals surface area contributed by atoms with Gasteiger partial charge in [-0.15, -0.1) is 0 Å². The van der Waals surface area contributed by atoms with Crippen LogP contribution in [0.15, 0.2) is 24.3 Å². The lowest BCUT2D eigenvalue weighted by molar-refractivity contribution is -0.122. The number of fused-ring (bicyclic) bond motifs is 2. The standard InChI is InChI=1S/C19H27N3O3/c20-17(23)8-9-25-16-7-2-1-6-15(16)22-19(24)14-10-12-4-3-5-13(11-14)18(12)21/h1-2,6-7,12-14,18H,3-5,8-11,21H2,(H2,20,23)(H,22,24). The lowest BCUT2D eigenvalue weighted by atomic mass is 9.65. The minimum Gasteiger partial charge on any atom is -0.491 e. The van der Waals surface area contributed by atoms with Crippen molar-refractivity contribution in [1.82, 2.24) is 0 Å². The van der Waals surface area contributed by atoms with Gasteiger partial charge in [-0.1, -0.05) is 18.6 Å². The third-order valence-corrected chi connectivity index (χ3v) is 5.53. The minimum atomic E-state index is -0.411. The number of anilines is 1. The minimum absolute atomic E-state index is 0.00813. The number of ether oxygens (including phenoxy) is 1. The summed E-state index contributed by atoms with van der Waals surface area (Å²) >= 11 is 0. The van der Waals surface area contributed by atoms with Crippen molar-refractivity contribution < 1.29 is 14.3 Å². The van der Waals surface area contributed by atoms with Crippen LogP contribution in [0.1, 0.15) is 38.5 Å². The van der Waals surface area contributed by atoms with E-state index in [2.05, 4.69) is 5.32 Å². The summed E-state index contributed by atoms with van der Waals surface area (Å²) in [6.07, 6.45) is 5.38. The Morgan fingerprint density at radius 2 is 1.84 bits per heavy atom. The van der Waals surface area contributed by atoms with Gasteiger partial charge in [-0.3, -0.25) is 9.59 Å². The van der Waals surface area contributed by atoms with Gasteiger partial charge in [-0.2, -0.15) is 0 Å².